The molecule has 2 amide bonds. The van der Waals surface area contributed by atoms with Crippen molar-refractivity contribution in [2.45, 2.75) is 19.3 Å². The second-order valence-corrected chi connectivity index (χ2v) is 6.23. The number of hydrogen-bond acceptors (Lipinski definition) is 3. The molecule has 1 saturated heterocycles. The normalized spacial score (nSPS) is 14.8. The number of halogens is 1. The fraction of sp³-hybridized carbons (Fsp3) is 0.400. The molecule has 1 N–H and O–H groups in total. The first-order chi connectivity index (χ1) is 10.6. The van der Waals surface area contributed by atoms with Crippen molar-refractivity contribution in [3.63, 3.8) is 0 Å². The van der Waals surface area contributed by atoms with Gasteiger partial charge in [-0.3, -0.25) is 14.0 Å². The van der Waals surface area contributed by atoms with E-state index in [0.29, 0.717) is 25.2 Å². The Balaban J connectivity index is 1.55. The van der Waals surface area contributed by atoms with Crippen LogP contribution in [-0.2, 0) is 4.79 Å². The van der Waals surface area contributed by atoms with Gasteiger partial charge in [-0.05, 0) is 40.9 Å². The minimum absolute atomic E-state index is 0.154. The summed E-state index contributed by atoms with van der Waals surface area (Å²) in [6, 6.07) is 3.73. The highest BCUT2D eigenvalue weighted by molar-refractivity contribution is 9.10. The minimum Gasteiger partial charge on any atom is -0.351 e. The first-order valence-electron chi connectivity index (χ1n) is 7.34. The van der Waals surface area contributed by atoms with E-state index < -0.39 is 0 Å². The maximum absolute atomic E-state index is 12.2. The maximum Gasteiger partial charge on any atom is 0.269 e. The second-order valence-electron chi connectivity index (χ2n) is 5.31. The number of pyridine rings is 1. The average Bonchev–Trinajstić information content (AvgIpc) is 3.09. The highest BCUT2D eigenvalue weighted by Crippen LogP contribution is 2.13. The Bertz CT molecular complexity index is 713. The SMILES string of the molecule is O=C(NCCCN1CCCC1=O)c1cnc2ccc(Br)cn12. The molecule has 6 nitrogen and oxygen atoms in total. The minimum atomic E-state index is -0.154. The van der Waals surface area contributed by atoms with Gasteiger partial charge >= 0.3 is 0 Å². The zero-order valence-electron chi connectivity index (χ0n) is 12.1. The van der Waals surface area contributed by atoms with Crippen LogP contribution >= 0.6 is 15.9 Å². The monoisotopic (exact) mass is 364 g/mol. The molecule has 0 spiro atoms. The van der Waals surface area contributed by atoms with Crippen molar-refractivity contribution >= 4 is 33.4 Å². The summed E-state index contributed by atoms with van der Waals surface area (Å²) in [5.41, 5.74) is 1.24. The van der Waals surface area contributed by atoms with Gasteiger partial charge in [0, 0.05) is 36.7 Å². The summed E-state index contributed by atoms with van der Waals surface area (Å²) in [5, 5.41) is 2.88. The van der Waals surface area contributed by atoms with E-state index >= 15 is 0 Å². The first-order valence-corrected chi connectivity index (χ1v) is 8.13. The molecule has 0 bridgehead atoms. The van der Waals surface area contributed by atoms with Gasteiger partial charge < -0.3 is 10.2 Å². The quantitative estimate of drug-likeness (QED) is 0.823. The number of likely N-dealkylation sites (tertiary alicyclic amines) is 1. The van der Waals surface area contributed by atoms with Crippen molar-refractivity contribution < 1.29 is 9.59 Å². The molecule has 1 aliphatic rings. The zero-order valence-corrected chi connectivity index (χ0v) is 13.7. The van der Waals surface area contributed by atoms with Crippen LogP contribution in [0, 0.1) is 0 Å². The molecule has 1 fully saturated rings. The summed E-state index contributed by atoms with van der Waals surface area (Å²) in [5.74, 6) is 0.0660. The lowest BCUT2D eigenvalue weighted by Gasteiger charge is -2.15. The van der Waals surface area contributed by atoms with Crippen molar-refractivity contribution in [1.82, 2.24) is 19.6 Å². The number of rotatable bonds is 5. The predicted molar refractivity (Wildman–Crippen MR) is 85.7 cm³/mol. The van der Waals surface area contributed by atoms with Crippen molar-refractivity contribution in [3.8, 4) is 0 Å². The summed E-state index contributed by atoms with van der Waals surface area (Å²) in [7, 11) is 0. The Morgan fingerprint density at radius 3 is 3.05 bits per heavy atom. The third-order valence-corrected chi connectivity index (χ3v) is 4.23. The molecule has 2 aromatic heterocycles. The van der Waals surface area contributed by atoms with Crippen LogP contribution in [0.3, 0.4) is 0 Å². The third-order valence-electron chi connectivity index (χ3n) is 3.76. The highest BCUT2D eigenvalue weighted by Gasteiger charge is 2.19. The molecule has 0 unspecified atom stereocenters. The van der Waals surface area contributed by atoms with Crippen molar-refractivity contribution in [1.29, 1.82) is 0 Å². The van der Waals surface area contributed by atoms with Crippen molar-refractivity contribution in [2.24, 2.45) is 0 Å². The van der Waals surface area contributed by atoms with Crippen molar-refractivity contribution in [2.75, 3.05) is 19.6 Å². The second kappa shape index (κ2) is 6.48. The Morgan fingerprint density at radius 2 is 2.27 bits per heavy atom. The third kappa shape index (κ3) is 3.14. The Labute approximate surface area is 136 Å². The van der Waals surface area contributed by atoms with E-state index in [4.69, 9.17) is 0 Å². The lowest BCUT2D eigenvalue weighted by atomic mass is 10.3. The van der Waals surface area contributed by atoms with E-state index in [1.165, 1.54) is 0 Å². The van der Waals surface area contributed by atoms with Gasteiger partial charge in [0.1, 0.15) is 11.3 Å². The van der Waals surface area contributed by atoms with E-state index in [1.54, 1.807) is 10.6 Å². The van der Waals surface area contributed by atoms with Gasteiger partial charge in [0.25, 0.3) is 5.91 Å². The molecule has 7 heteroatoms. The van der Waals surface area contributed by atoms with Crippen LogP contribution in [0.1, 0.15) is 29.8 Å². The van der Waals surface area contributed by atoms with E-state index in [9.17, 15) is 9.59 Å². The van der Waals surface area contributed by atoms with Crippen LogP contribution in [-0.4, -0.2) is 45.7 Å². The lowest BCUT2D eigenvalue weighted by molar-refractivity contribution is -0.127. The fourth-order valence-corrected chi connectivity index (χ4v) is 2.96. The van der Waals surface area contributed by atoms with Crippen LogP contribution in [0.25, 0.3) is 5.65 Å². The number of carbonyl (C=O) groups is 2. The van der Waals surface area contributed by atoms with Crippen LogP contribution < -0.4 is 5.32 Å². The van der Waals surface area contributed by atoms with Gasteiger partial charge in [-0.15, -0.1) is 0 Å². The smallest absolute Gasteiger partial charge is 0.269 e. The molecule has 3 heterocycles. The van der Waals surface area contributed by atoms with E-state index in [1.807, 2.05) is 23.2 Å². The molecule has 0 radical (unpaired) electrons. The predicted octanol–water partition coefficient (Wildman–Crippen LogP) is 1.84. The number of aromatic nitrogens is 2. The number of hydrogen-bond donors (Lipinski definition) is 1. The molecule has 22 heavy (non-hydrogen) atoms. The molecular formula is C15H17BrN4O2. The average molecular weight is 365 g/mol. The highest BCUT2D eigenvalue weighted by atomic mass is 79.9. The molecule has 0 aliphatic carbocycles. The van der Waals surface area contributed by atoms with Gasteiger partial charge in [0.2, 0.25) is 5.91 Å². The molecule has 3 rings (SSSR count). The summed E-state index contributed by atoms with van der Waals surface area (Å²) in [6.07, 6.45) is 5.75. The largest absolute Gasteiger partial charge is 0.351 e. The first kappa shape index (κ1) is 15.0. The number of carbonyl (C=O) groups excluding carboxylic acids is 2. The maximum atomic E-state index is 12.2. The lowest BCUT2D eigenvalue weighted by Crippen LogP contribution is -2.31. The number of nitrogens with zero attached hydrogens (tertiary/aromatic N) is 3. The number of imidazole rings is 1. The van der Waals surface area contributed by atoms with Gasteiger partial charge in [-0.25, -0.2) is 4.98 Å². The van der Waals surface area contributed by atoms with E-state index in [2.05, 4.69) is 26.2 Å². The summed E-state index contributed by atoms with van der Waals surface area (Å²) in [6.45, 7) is 2.09. The fourth-order valence-electron chi connectivity index (χ4n) is 2.63. The molecule has 116 valence electrons. The van der Waals surface area contributed by atoms with Crippen LogP contribution in [0.2, 0.25) is 0 Å². The molecule has 0 aromatic carbocycles. The standard InChI is InChI=1S/C15H17BrN4O2/c16-11-4-5-13-18-9-12(20(13)10-11)15(22)17-6-2-8-19-7-1-3-14(19)21/h4-5,9-10H,1-3,6-8H2,(H,17,22). The molecule has 2 aromatic rings. The van der Waals surface area contributed by atoms with Crippen LogP contribution in [0.15, 0.2) is 29.0 Å². The summed E-state index contributed by atoms with van der Waals surface area (Å²) >= 11 is 3.39. The van der Waals surface area contributed by atoms with Crippen LogP contribution in [0.5, 0.6) is 0 Å². The molecule has 0 atom stereocenters. The van der Waals surface area contributed by atoms with Crippen LogP contribution in [0.4, 0.5) is 0 Å². The Hall–Kier alpha value is -1.89. The van der Waals surface area contributed by atoms with E-state index in [-0.39, 0.29) is 11.8 Å². The number of nitrogens with one attached hydrogen (secondary N) is 1. The van der Waals surface area contributed by atoms with Gasteiger partial charge in [0.15, 0.2) is 0 Å². The zero-order chi connectivity index (χ0) is 15.5. The topological polar surface area (TPSA) is 66.7 Å². The van der Waals surface area contributed by atoms with Gasteiger partial charge in [0.05, 0.1) is 6.20 Å². The Kier molecular flexibility index (Phi) is 4.42. The molecule has 1 aliphatic heterocycles. The summed E-state index contributed by atoms with van der Waals surface area (Å²) in [4.78, 5) is 29.8. The van der Waals surface area contributed by atoms with E-state index in [0.717, 1.165) is 29.5 Å². The Morgan fingerprint density at radius 1 is 1.41 bits per heavy atom. The number of amides is 2. The van der Waals surface area contributed by atoms with Crippen molar-refractivity contribution in [3.05, 3.63) is 34.7 Å². The number of fused-ring (bicyclic) bond motifs is 1. The molecule has 0 saturated carbocycles. The van der Waals surface area contributed by atoms with Gasteiger partial charge in [-0.1, -0.05) is 0 Å². The van der Waals surface area contributed by atoms with Gasteiger partial charge in [-0.2, -0.15) is 0 Å². The molecular weight excluding hydrogens is 348 g/mol. The summed E-state index contributed by atoms with van der Waals surface area (Å²) < 4.78 is 2.64.